The molecule has 2 unspecified atom stereocenters. The summed E-state index contributed by atoms with van der Waals surface area (Å²) in [5, 5.41) is 2.70. The number of aryl methyl sites for hydroxylation is 1. The summed E-state index contributed by atoms with van der Waals surface area (Å²) in [6.45, 7) is 4.93. The second-order valence-corrected chi connectivity index (χ2v) is 14.1. The van der Waals surface area contributed by atoms with Crippen LogP contribution in [0.5, 0.6) is 0 Å². The van der Waals surface area contributed by atoms with Crippen LogP contribution in [0.4, 0.5) is 5.82 Å². The lowest BCUT2D eigenvalue weighted by atomic mass is 9.73. The Kier molecular flexibility index (Phi) is 11.0. The van der Waals surface area contributed by atoms with E-state index in [1.165, 1.54) is 56.1 Å². The molecule has 0 bridgehead atoms. The number of fused-ring (bicyclic) bond motifs is 1. The summed E-state index contributed by atoms with van der Waals surface area (Å²) >= 11 is 12.4. The summed E-state index contributed by atoms with van der Waals surface area (Å²) in [7, 11) is 4.13. The van der Waals surface area contributed by atoms with Crippen molar-refractivity contribution in [3.05, 3.63) is 99.8 Å². The van der Waals surface area contributed by atoms with Crippen molar-refractivity contribution in [3.63, 3.8) is 0 Å². The van der Waals surface area contributed by atoms with Crippen LogP contribution in [0.3, 0.4) is 0 Å². The van der Waals surface area contributed by atoms with Crippen LogP contribution in [0.2, 0.25) is 10.0 Å². The topological polar surface area (TPSA) is 29.0 Å². The standard InChI is InChI=1S/C38H47Cl2N3/c1-26(27(2)25-35(30-16-20-32(39)21-17-30)31-18-22-33(40)23-19-31)24-29-14-12-28(13-15-29)8-7-11-37-41-36-10-6-5-9-34(36)38(42-37)43(3)4/h5-6,9-10,16-23,26-29,35H,7-8,11-15,24-25H2,1-4H3. The maximum Gasteiger partial charge on any atom is 0.139 e. The molecule has 2 atom stereocenters. The van der Waals surface area contributed by atoms with E-state index < -0.39 is 0 Å². The van der Waals surface area contributed by atoms with Crippen LogP contribution >= 0.6 is 23.2 Å². The Bertz CT molecular complexity index is 1400. The van der Waals surface area contributed by atoms with E-state index in [0.29, 0.717) is 17.8 Å². The summed E-state index contributed by atoms with van der Waals surface area (Å²) in [5.41, 5.74) is 3.71. The van der Waals surface area contributed by atoms with Gasteiger partial charge in [-0.25, -0.2) is 9.97 Å². The predicted molar refractivity (Wildman–Crippen MR) is 185 cm³/mol. The molecular formula is C38H47Cl2N3. The molecule has 0 N–H and O–H groups in total. The average Bonchev–Trinajstić information content (AvgIpc) is 3.01. The molecule has 1 aliphatic carbocycles. The number of rotatable bonds is 12. The summed E-state index contributed by atoms with van der Waals surface area (Å²) in [6.07, 6.45) is 11.4. The first-order valence-electron chi connectivity index (χ1n) is 16.2. The summed E-state index contributed by atoms with van der Waals surface area (Å²) < 4.78 is 0. The molecule has 0 radical (unpaired) electrons. The lowest BCUT2D eigenvalue weighted by molar-refractivity contribution is 0.203. The zero-order valence-corrected chi connectivity index (χ0v) is 27.8. The van der Waals surface area contributed by atoms with E-state index in [-0.39, 0.29) is 0 Å². The van der Waals surface area contributed by atoms with Gasteiger partial charge in [-0.2, -0.15) is 0 Å². The zero-order chi connectivity index (χ0) is 30.3. The van der Waals surface area contributed by atoms with Crippen LogP contribution in [-0.4, -0.2) is 24.1 Å². The fourth-order valence-corrected chi connectivity index (χ4v) is 7.33. The summed E-state index contributed by atoms with van der Waals surface area (Å²) in [5.74, 6) is 5.37. The van der Waals surface area contributed by atoms with Crippen molar-refractivity contribution in [3.8, 4) is 0 Å². The van der Waals surface area contributed by atoms with Crippen molar-refractivity contribution in [2.24, 2.45) is 23.7 Å². The fraction of sp³-hybridized carbons (Fsp3) is 0.474. The number of para-hydroxylation sites is 1. The SMILES string of the molecule is CC(CC1CCC(CCCc2nc(N(C)C)c3ccccc3n2)CC1)C(C)CC(c1ccc(Cl)cc1)c1ccc(Cl)cc1. The molecule has 5 rings (SSSR count). The van der Waals surface area contributed by atoms with Gasteiger partial charge >= 0.3 is 0 Å². The Labute approximate surface area is 269 Å². The number of hydrogen-bond acceptors (Lipinski definition) is 3. The van der Waals surface area contributed by atoms with Crippen molar-refractivity contribution in [1.29, 1.82) is 0 Å². The Morgan fingerprint density at radius 2 is 1.33 bits per heavy atom. The van der Waals surface area contributed by atoms with Gasteiger partial charge in [0.05, 0.1) is 5.52 Å². The van der Waals surface area contributed by atoms with Gasteiger partial charge in [-0.1, -0.05) is 106 Å². The molecule has 228 valence electrons. The Morgan fingerprint density at radius 1 is 0.744 bits per heavy atom. The minimum absolute atomic E-state index is 0.350. The van der Waals surface area contributed by atoms with E-state index in [0.717, 1.165) is 57.3 Å². The molecular weight excluding hydrogens is 569 g/mol. The van der Waals surface area contributed by atoms with E-state index in [4.69, 9.17) is 33.2 Å². The molecule has 0 saturated heterocycles. The van der Waals surface area contributed by atoms with Crippen LogP contribution in [0.25, 0.3) is 10.9 Å². The van der Waals surface area contributed by atoms with Crippen LogP contribution < -0.4 is 4.90 Å². The number of nitrogens with zero attached hydrogens (tertiary/aromatic N) is 3. The molecule has 3 aromatic carbocycles. The fourth-order valence-electron chi connectivity index (χ4n) is 7.08. The maximum atomic E-state index is 6.22. The van der Waals surface area contributed by atoms with Gasteiger partial charge in [-0.15, -0.1) is 0 Å². The molecule has 5 heteroatoms. The van der Waals surface area contributed by atoms with Crippen LogP contribution in [0.1, 0.15) is 88.1 Å². The zero-order valence-electron chi connectivity index (χ0n) is 26.3. The highest BCUT2D eigenvalue weighted by Crippen LogP contribution is 2.40. The number of aromatic nitrogens is 2. The monoisotopic (exact) mass is 615 g/mol. The van der Waals surface area contributed by atoms with E-state index >= 15 is 0 Å². The van der Waals surface area contributed by atoms with Crippen LogP contribution in [0, 0.1) is 23.7 Å². The molecule has 43 heavy (non-hydrogen) atoms. The molecule has 0 amide bonds. The van der Waals surface area contributed by atoms with E-state index in [1.807, 2.05) is 24.3 Å². The average molecular weight is 617 g/mol. The van der Waals surface area contributed by atoms with Crippen molar-refractivity contribution < 1.29 is 0 Å². The number of halogens is 2. The van der Waals surface area contributed by atoms with E-state index in [1.54, 1.807) is 0 Å². The molecule has 4 aromatic rings. The van der Waals surface area contributed by atoms with Crippen molar-refractivity contribution >= 4 is 39.9 Å². The molecule has 1 aliphatic rings. The second kappa shape index (κ2) is 14.9. The maximum absolute atomic E-state index is 6.22. The van der Waals surface area contributed by atoms with Crippen molar-refractivity contribution in [2.75, 3.05) is 19.0 Å². The molecule has 1 heterocycles. The van der Waals surface area contributed by atoms with Gasteiger partial charge in [0, 0.05) is 41.9 Å². The minimum Gasteiger partial charge on any atom is -0.362 e. The Balaban J connectivity index is 1.10. The van der Waals surface area contributed by atoms with Crippen LogP contribution in [0.15, 0.2) is 72.8 Å². The molecule has 1 fully saturated rings. The van der Waals surface area contributed by atoms with E-state index in [2.05, 4.69) is 81.4 Å². The summed E-state index contributed by atoms with van der Waals surface area (Å²) in [6, 6.07) is 25.2. The molecule has 0 spiro atoms. The summed E-state index contributed by atoms with van der Waals surface area (Å²) in [4.78, 5) is 11.9. The normalized spacial score (nSPS) is 18.6. The first-order valence-corrected chi connectivity index (χ1v) is 17.0. The number of anilines is 1. The van der Waals surface area contributed by atoms with E-state index in [9.17, 15) is 0 Å². The lowest BCUT2D eigenvalue weighted by Gasteiger charge is -2.33. The molecule has 0 aliphatic heterocycles. The second-order valence-electron chi connectivity index (χ2n) is 13.2. The van der Waals surface area contributed by atoms with Gasteiger partial charge in [0.25, 0.3) is 0 Å². The Hall–Kier alpha value is -2.62. The largest absolute Gasteiger partial charge is 0.362 e. The third-order valence-electron chi connectivity index (χ3n) is 9.86. The minimum atomic E-state index is 0.350. The van der Waals surface area contributed by atoms with Crippen molar-refractivity contribution in [1.82, 2.24) is 9.97 Å². The molecule has 1 aromatic heterocycles. The van der Waals surface area contributed by atoms with Gasteiger partial charge in [0.15, 0.2) is 0 Å². The first-order chi connectivity index (χ1) is 20.8. The third-order valence-corrected chi connectivity index (χ3v) is 10.4. The lowest BCUT2D eigenvalue weighted by Crippen LogP contribution is -2.20. The van der Waals surface area contributed by atoms with Gasteiger partial charge in [0.1, 0.15) is 11.6 Å². The smallest absolute Gasteiger partial charge is 0.139 e. The predicted octanol–water partition coefficient (Wildman–Crippen LogP) is 11.0. The highest BCUT2D eigenvalue weighted by molar-refractivity contribution is 6.30. The van der Waals surface area contributed by atoms with Crippen molar-refractivity contribution in [2.45, 2.75) is 77.6 Å². The quantitative estimate of drug-likeness (QED) is 0.159. The van der Waals surface area contributed by atoms with Gasteiger partial charge in [-0.3, -0.25) is 0 Å². The Morgan fingerprint density at radius 3 is 1.93 bits per heavy atom. The van der Waals surface area contributed by atoms with Crippen LogP contribution in [-0.2, 0) is 6.42 Å². The number of benzene rings is 3. The van der Waals surface area contributed by atoms with Gasteiger partial charge in [0.2, 0.25) is 0 Å². The highest BCUT2D eigenvalue weighted by atomic mass is 35.5. The van der Waals surface area contributed by atoms with Gasteiger partial charge in [-0.05, 0) is 90.5 Å². The number of hydrogen-bond donors (Lipinski definition) is 0. The third kappa shape index (κ3) is 8.52. The molecule has 3 nitrogen and oxygen atoms in total. The highest BCUT2D eigenvalue weighted by Gasteiger charge is 2.26. The first kappa shape index (κ1) is 31.8. The van der Waals surface area contributed by atoms with Gasteiger partial charge < -0.3 is 4.90 Å². The molecule has 1 saturated carbocycles.